The second-order valence-corrected chi connectivity index (χ2v) is 14.3. The van der Waals surface area contributed by atoms with Gasteiger partial charge in [0.1, 0.15) is 0 Å². The largest absolute Gasteiger partial charge is 0.393 e. The molecule has 3 rings (SSSR count). The molecule has 1 unspecified atom stereocenters. The van der Waals surface area contributed by atoms with E-state index in [1.165, 1.54) is 12.0 Å². The highest BCUT2D eigenvalue weighted by molar-refractivity contribution is 8.17. The van der Waals surface area contributed by atoms with Crippen molar-refractivity contribution in [2.75, 3.05) is 6.61 Å². The lowest BCUT2D eigenvalue weighted by atomic mass is 10.2. The van der Waals surface area contributed by atoms with Crippen molar-refractivity contribution in [3.05, 3.63) is 35.9 Å². The first-order valence-electron chi connectivity index (χ1n) is 8.64. The van der Waals surface area contributed by atoms with Crippen molar-refractivity contribution in [1.29, 1.82) is 0 Å². The van der Waals surface area contributed by atoms with Gasteiger partial charge in [-0.1, -0.05) is 58.0 Å². The summed E-state index contributed by atoms with van der Waals surface area (Å²) < 4.78 is 13.7. The Morgan fingerprint density at radius 1 is 1.17 bits per heavy atom. The van der Waals surface area contributed by atoms with Gasteiger partial charge in [-0.3, -0.25) is 0 Å². The Hall–Kier alpha value is 0.0569. The van der Waals surface area contributed by atoms with Crippen molar-refractivity contribution in [3.8, 4) is 0 Å². The minimum Gasteiger partial charge on any atom is -0.393 e. The Morgan fingerprint density at radius 3 is 2.52 bits per heavy atom. The lowest BCUT2D eigenvalue weighted by Gasteiger charge is -2.45. The van der Waals surface area contributed by atoms with E-state index >= 15 is 0 Å². The van der Waals surface area contributed by atoms with Gasteiger partial charge in [0.25, 0.3) is 0 Å². The minimum atomic E-state index is -2.06. The van der Waals surface area contributed by atoms with E-state index in [0.29, 0.717) is 27.0 Å². The average Bonchev–Trinajstić information content (AvgIpc) is 2.95. The monoisotopic (exact) mass is 368 g/mol. The maximum atomic E-state index is 6.69. The van der Waals surface area contributed by atoms with Crippen LogP contribution in [0.3, 0.4) is 0 Å². The van der Waals surface area contributed by atoms with Gasteiger partial charge >= 0.3 is 8.56 Å². The molecule has 0 saturated carbocycles. The molecule has 2 aliphatic rings. The van der Waals surface area contributed by atoms with Crippen LogP contribution in [0.2, 0.25) is 11.1 Å². The average molecular weight is 369 g/mol. The van der Waals surface area contributed by atoms with Crippen LogP contribution >= 0.6 is 23.5 Å². The number of rotatable bonds is 5. The molecule has 1 aromatic rings. The molecule has 3 atom stereocenters. The molecule has 1 aromatic carbocycles. The molecule has 0 spiro atoms. The number of benzene rings is 1. The Morgan fingerprint density at radius 2 is 1.87 bits per heavy atom. The summed E-state index contributed by atoms with van der Waals surface area (Å²) in [6, 6.07) is 10.8. The van der Waals surface area contributed by atoms with Gasteiger partial charge < -0.3 is 8.85 Å². The van der Waals surface area contributed by atoms with E-state index in [9.17, 15) is 0 Å². The fourth-order valence-corrected chi connectivity index (χ4v) is 10.6. The summed E-state index contributed by atoms with van der Waals surface area (Å²) in [6.45, 7) is 9.99. The van der Waals surface area contributed by atoms with Crippen LogP contribution in [0.5, 0.6) is 0 Å². The predicted octanol–water partition coefficient (Wildman–Crippen LogP) is 5.43. The molecular formula is C18H28O2S2Si. The van der Waals surface area contributed by atoms with Crippen LogP contribution in [0, 0.1) is 0 Å². The SMILES string of the molecule is CC(C)[Si]1(C(C)C)OC[C@H]2SC(SCc3ccccc3)C[C@@H]2O1. The molecule has 0 aliphatic carbocycles. The molecule has 2 saturated heterocycles. The molecule has 2 heterocycles. The smallest absolute Gasteiger partial charge is 0.343 e. The number of hydrogen-bond donors (Lipinski definition) is 0. The molecule has 2 aliphatic heterocycles. The Labute approximate surface area is 150 Å². The molecule has 2 fully saturated rings. The molecule has 0 amide bonds. The van der Waals surface area contributed by atoms with E-state index in [1.807, 2.05) is 0 Å². The van der Waals surface area contributed by atoms with E-state index in [1.54, 1.807) is 0 Å². The van der Waals surface area contributed by atoms with E-state index in [0.717, 1.165) is 12.4 Å². The summed E-state index contributed by atoms with van der Waals surface area (Å²) in [5.41, 5.74) is 2.45. The van der Waals surface area contributed by atoms with Crippen LogP contribution in [0.25, 0.3) is 0 Å². The van der Waals surface area contributed by atoms with Crippen LogP contribution < -0.4 is 0 Å². The second kappa shape index (κ2) is 7.52. The van der Waals surface area contributed by atoms with Crippen molar-refractivity contribution in [3.63, 3.8) is 0 Å². The molecule has 5 heteroatoms. The zero-order valence-electron chi connectivity index (χ0n) is 14.5. The maximum absolute atomic E-state index is 6.69. The third kappa shape index (κ3) is 3.84. The number of fused-ring (bicyclic) bond motifs is 1. The topological polar surface area (TPSA) is 18.5 Å². The summed E-state index contributed by atoms with van der Waals surface area (Å²) in [7, 11) is -2.06. The van der Waals surface area contributed by atoms with Crippen molar-refractivity contribution in [1.82, 2.24) is 0 Å². The standard InChI is InChI=1S/C18H28O2S2Si/c1-13(2)23(14(3)4)19-11-17-16(20-23)10-18(22-17)21-12-15-8-6-5-7-9-15/h5-9,13-14,16-18H,10-12H2,1-4H3/t16-,17+,18?/m0/s1. The fraction of sp³-hybridized carbons (Fsp3) is 0.667. The maximum Gasteiger partial charge on any atom is 0.343 e. The minimum absolute atomic E-state index is 0.401. The zero-order chi connectivity index (χ0) is 16.4. The first-order valence-corrected chi connectivity index (χ1v) is 12.6. The molecule has 0 radical (unpaired) electrons. The summed E-state index contributed by atoms with van der Waals surface area (Å²) in [5, 5.41) is 0.529. The lowest BCUT2D eigenvalue weighted by molar-refractivity contribution is 0.0461. The highest BCUT2D eigenvalue weighted by atomic mass is 32.2. The van der Waals surface area contributed by atoms with Gasteiger partial charge in [0.05, 0.1) is 22.5 Å². The molecule has 128 valence electrons. The van der Waals surface area contributed by atoms with Gasteiger partial charge in [0, 0.05) is 5.75 Å². The summed E-state index contributed by atoms with van der Waals surface area (Å²) in [4.78, 5) is 0. The van der Waals surface area contributed by atoms with Crippen molar-refractivity contribution < 1.29 is 8.85 Å². The van der Waals surface area contributed by atoms with Gasteiger partial charge in [-0.05, 0) is 23.1 Å². The van der Waals surface area contributed by atoms with Gasteiger partial charge in [-0.15, -0.1) is 23.5 Å². The van der Waals surface area contributed by atoms with Gasteiger partial charge in [0.15, 0.2) is 0 Å². The third-order valence-electron chi connectivity index (χ3n) is 4.86. The molecule has 0 N–H and O–H groups in total. The Bertz CT molecular complexity index is 501. The first kappa shape index (κ1) is 17.9. The second-order valence-electron chi connectivity index (χ2n) is 7.13. The van der Waals surface area contributed by atoms with Crippen LogP contribution in [-0.4, -0.2) is 31.1 Å². The number of hydrogen-bond acceptors (Lipinski definition) is 4. The zero-order valence-corrected chi connectivity index (χ0v) is 17.2. The molecule has 0 aromatic heterocycles. The van der Waals surface area contributed by atoms with Crippen molar-refractivity contribution >= 4 is 32.1 Å². The summed E-state index contributed by atoms with van der Waals surface area (Å²) in [5.74, 6) is 1.09. The normalized spacial score (nSPS) is 29.9. The van der Waals surface area contributed by atoms with Crippen LogP contribution in [0.1, 0.15) is 39.7 Å². The van der Waals surface area contributed by atoms with Crippen LogP contribution in [-0.2, 0) is 14.6 Å². The number of thioether (sulfide) groups is 2. The van der Waals surface area contributed by atoms with Crippen LogP contribution in [0.15, 0.2) is 30.3 Å². The molecule has 0 bridgehead atoms. The van der Waals surface area contributed by atoms with E-state index in [4.69, 9.17) is 8.85 Å². The molecular weight excluding hydrogens is 340 g/mol. The fourth-order valence-electron chi connectivity index (χ4n) is 3.58. The summed E-state index contributed by atoms with van der Waals surface area (Å²) in [6.07, 6.45) is 1.57. The van der Waals surface area contributed by atoms with Gasteiger partial charge in [-0.25, -0.2) is 0 Å². The van der Waals surface area contributed by atoms with E-state index in [-0.39, 0.29) is 0 Å². The predicted molar refractivity (Wildman–Crippen MR) is 104 cm³/mol. The highest BCUT2D eigenvalue weighted by Gasteiger charge is 2.53. The van der Waals surface area contributed by atoms with E-state index < -0.39 is 8.56 Å². The highest BCUT2D eigenvalue weighted by Crippen LogP contribution is 2.49. The van der Waals surface area contributed by atoms with Crippen LogP contribution in [0.4, 0.5) is 0 Å². The van der Waals surface area contributed by atoms with E-state index in [2.05, 4.69) is 81.6 Å². The first-order chi connectivity index (χ1) is 11.0. The Balaban J connectivity index is 1.58. The third-order valence-corrected chi connectivity index (χ3v) is 12.5. The van der Waals surface area contributed by atoms with Gasteiger partial charge in [0.2, 0.25) is 0 Å². The Kier molecular flexibility index (Phi) is 5.84. The van der Waals surface area contributed by atoms with Crippen molar-refractivity contribution in [2.45, 2.75) is 66.9 Å². The van der Waals surface area contributed by atoms with Crippen molar-refractivity contribution in [2.24, 2.45) is 0 Å². The lowest BCUT2D eigenvalue weighted by Crippen LogP contribution is -2.57. The quantitative estimate of drug-likeness (QED) is 0.645. The molecule has 23 heavy (non-hydrogen) atoms. The summed E-state index contributed by atoms with van der Waals surface area (Å²) >= 11 is 4.14. The molecule has 2 nitrogen and oxygen atoms in total. The van der Waals surface area contributed by atoms with Gasteiger partial charge in [-0.2, -0.15) is 0 Å².